The molecular weight excluding hydrogens is 268 g/mol. The molecule has 106 valence electrons. The molecule has 2 aromatic heterocycles. The van der Waals surface area contributed by atoms with Crippen LogP contribution in [-0.4, -0.2) is 14.5 Å². The van der Waals surface area contributed by atoms with Crippen LogP contribution in [0.3, 0.4) is 0 Å². The lowest BCUT2D eigenvalue weighted by Crippen LogP contribution is -1.99. The average molecular weight is 282 g/mol. The Morgan fingerprint density at radius 2 is 2.05 bits per heavy atom. The molecule has 0 aliphatic rings. The highest BCUT2D eigenvalue weighted by molar-refractivity contribution is 5.84. The zero-order chi connectivity index (χ0) is 15.0. The maximum absolute atomic E-state index is 10.8. The zero-order valence-corrected chi connectivity index (χ0v) is 11.7. The molecule has 0 unspecified atom stereocenters. The number of pyridine rings is 1. The Labute approximate surface area is 121 Å². The van der Waals surface area contributed by atoms with E-state index in [1.807, 2.05) is 42.1 Å². The SMILES string of the molecule is Cc1nc(Nc2ccc3ccn(C)c3c2)ccc1[N+](=O)[O-]. The van der Waals surface area contributed by atoms with Crippen molar-refractivity contribution >= 4 is 28.1 Å². The van der Waals surface area contributed by atoms with Gasteiger partial charge in [-0.3, -0.25) is 10.1 Å². The maximum Gasteiger partial charge on any atom is 0.290 e. The zero-order valence-electron chi connectivity index (χ0n) is 11.7. The Hall–Kier alpha value is -2.89. The quantitative estimate of drug-likeness (QED) is 0.589. The largest absolute Gasteiger partial charge is 0.350 e. The molecule has 0 fully saturated rings. The van der Waals surface area contributed by atoms with Gasteiger partial charge in [0.2, 0.25) is 0 Å². The molecule has 0 atom stereocenters. The smallest absolute Gasteiger partial charge is 0.290 e. The van der Waals surface area contributed by atoms with Crippen molar-refractivity contribution < 1.29 is 4.92 Å². The summed E-state index contributed by atoms with van der Waals surface area (Å²) in [5.74, 6) is 0.589. The molecule has 21 heavy (non-hydrogen) atoms. The molecule has 6 heteroatoms. The summed E-state index contributed by atoms with van der Waals surface area (Å²) in [7, 11) is 1.99. The van der Waals surface area contributed by atoms with Crippen molar-refractivity contribution in [1.82, 2.24) is 9.55 Å². The van der Waals surface area contributed by atoms with Crippen LogP contribution in [0, 0.1) is 17.0 Å². The Morgan fingerprint density at radius 1 is 1.24 bits per heavy atom. The van der Waals surface area contributed by atoms with Gasteiger partial charge in [0, 0.05) is 30.5 Å². The molecule has 0 amide bonds. The molecule has 0 saturated carbocycles. The average Bonchev–Trinajstić information content (AvgIpc) is 2.80. The van der Waals surface area contributed by atoms with E-state index in [1.165, 1.54) is 6.07 Å². The minimum absolute atomic E-state index is 0.0263. The predicted molar refractivity (Wildman–Crippen MR) is 81.8 cm³/mol. The number of nitrogens with zero attached hydrogens (tertiary/aromatic N) is 3. The number of fused-ring (bicyclic) bond motifs is 1. The molecule has 1 N–H and O–H groups in total. The highest BCUT2D eigenvalue weighted by Crippen LogP contribution is 2.24. The maximum atomic E-state index is 10.8. The van der Waals surface area contributed by atoms with Gasteiger partial charge in [-0.25, -0.2) is 4.98 Å². The van der Waals surface area contributed by atoms with Crippen LogP contribution in [0.4, 0.5) is 17.2 Å². The number of hydrogen-bond acceptors (Lipinski definition) is 4. The fourth-order valence-electron chi connectivity index (χ4n) is 2.30. The lowest BCUT2D eigenvalue weighted by atomic mass is 10.2. The number of rotatable bonds is 3. The van der Waals surface area contributed by atoms with Gasteiger partial charge in [0.1, 0.15) is 11.5 Å². The van der Waals surface area contributed by atoms with E-state index in [1.54, 1.807) is 13.0 Å². The van der Waals surface area contributed by atoms with Gasteiger partial charge in [-0.1, -0.05) is 6.07 Å². The van der Waals surface area contributed by atoms with Crippen molar-refractivity contribution in [3.63, 3.8) is 0 Å². The summed E-state index contributed by atoms with van der Waals surface area (Å²) in [6.07, 6.45) is 2.00. The third-order valence-corrected chi connectivity index (χ3v) is 3.42. The first-order chi connectivity index (χ1) is 10.0. The van der Waals surface area contributed by atoms with Crippen LogP contribution < -0.4 is 5.32 Å². The van der Waals surface area contributed by atoms with Gasteiger partial charge in [-0.2, -0.15) is 0 Å². The molecule has 0 aliphatic carbocycles. The molecule has 1 aromatic carbocycles. The van der Waals surface area contributed by atoms with Gasteiger partial charge < -0.3 is 9.88 Å². The molecule has 0 saturated heterocycles. The standard InChI is InChI=1S/C15H14N4O2/c1-10-13(19(20)21)5-6-15(16-10)17-12-4-3-11-7-8-18(2)14(11)9-12/h3-9H,1-2H3,(H,16,17). The van der Waals surface area contributed by atoms with Gasteiger partial charge in [-0.05, 0) is 36.6 Å². The van der Waals surface area contributed by atoms with Gasteiger partial charge in [0.25, 0.3) is 5.69 Å². The molecule has 0 spiro atoms. The topological polar surface area (TPSA) is 73.0 Å². The molecule has 2 heterocycles. The van der Waals surface area contributed by atoms with E-state index in [0.29, 0.717) is 11.5 Å². The van der Waals surface area contributed by atoms with E-state index >= 15 is 0 Å². The Bertz CT molecular complexity index is 839. The van der Waals surface area contributed by atoms with E-state index in [0.717, 1.165) is 16.6 Å². The lowest BCUT2D eigenvalue weighted by Gasteiger charge is -2.07. The van der Waals surface area contributed by atoms with Crippen LogP contribution in [0.1, 0.15) is 5.69 Å². The second-order valence-electron chi connectivity index (χ2n) is 4.88. The van der Waals surface area contributed by atoms with Crippen LogP contribution in [0.15, 0.2) is 42.6 Å². The second kappa shape index (κ2) is 4.90. The van der Waals surface area contributed by atoms with Gasteiger partial charge >= 0.3 is 0 Å². The number of nitrogens with one attached hydrogen (secondary N) is 1. The van der Waals surface area contributed by atoms with Gasteiger partial charge in [0.15, 0.2) is 0 Å². The van der Waals surface area contributed by atoms with Crippen LogP contribution in [-0.2, 0) is 7.05 Å². The van der Waals surface area contributed by atoms with E-state index in [2.05, 4.69) is 10.3 Å². The van der Waals surface area contributed by atoms with Crippen LogP contribution >= 0.6 is 0 Å². The number of aromatic nitrogens is 2. The summed E-state index contributed by atoms with van der Waals surface area (Å²) in [6, 6.07) is 11.1. The molecule has 3 rings (SSSR count). The molecular formula is C15H14N4O2. The van der Waals surface area contributed by atoms with E-state index in [4.69, 9.17) is 0 Å². The third-order valence-electron chi connectivity index (χ3n) is 3.42. The summed E-state index contributed by atoms with van der Waals surface area (Å²) in [5, 5.41) is 15.1. The fraction of sp³-hybridized carbons (Fsp3) is 0.133. The Morgan fingerprint density at radius 3 is 2.76 bits per heavy atom. The lowest BCUT2D eigenvalue weighted by molar-refractivity contribution is -0.385. The van der Waals surface area contributed by atoms with Crippen molar-refractivity contribution in [2.75, 3.05) is 5.32 Å². The summed E-state index contributed by atoms with van der Waals surface area (Å²) in [4.78, 5) is 14.6. The van der Waals surface area contributed by atoms with E-state index < -0.39 is 4.92 Å². The second-order valence-corrected chi connectivity index (χ2v) is 4.88. The molecule has 0 aliphatic heterocycles. The fourth-order valence-corrected chi connectivity index (χ4v) is 2.30. The third kappa shape index (κ3) is 2.43. The first-order valence-corrected chi connectivity index (χ1v) is 6.49. The van der Waals surface area contributed by atoms with E-state index in [-0.39, 0.29) is 5.69 Å². The summed E-state index contributed by atoms with van der Waals surface area (Å²) in [5.41, 5.74) is 2.42. The number of aryl methyl sites for hydroxylation is 2. The summed E-state index contributed by atoms with van der Waals surface area (Å²) < 4.78 is 2.04. The van der Waals surface area contributed by atoms with Crippen LogP contribution in [0.5, 0.6) is 0 Å². The number of benzene rings is 1. The number of nitro groups is 1. The predicted octanol–water partition coefficient (Wildman–Crippen LogP) is 3.53. The minimum Gasteiger partial charge on any atom is -0.350 e. The minimum atomic E-state index is -0.428. The van der Waals surface area contributed by atoms with Crippen molar-refractivity contribution in [3.05, 3.63) is 58.4 Å². The van der Waals surface area contributed by atoms with Gasteiger partial charge in [0.05, 0.1) is 4.92 Å². The molecule has 6 nitrogen and oxygen atoms in total. The number of anilines is 2. The Kier molecular flexibility index (Phi) is 3.06. The highest BCUT2D eigenvalue weighted by atomic mass is 16.6. The summed E-state index contributed by atoms with van der Waals surface area (Å²) >= 11 is 0. The number of hydrogen-bond donors (Lipinski definition) is 1. The summed E-state index contributed by atoms with van der Waals surface area (Å²) in [6.45, 7) is 1.63. The van der Waals surface area contributed by atoms with Gasteiger partial charge in [-0.15, -0.1) is 0 Å². The Balaban J connectivity index is 1.92. The first kappa shape index (κ1) is 13.1. The highest BCUT2D eigenvalue weighted by Gasteiger charge is 2.11. The monoisotopic (exact) mass is 282 g/mol. The van der Waals surface area contributed by atoms with Crippen molar-refractivity contribution in [3.8, 4) is 0 Å². The van der Waals surface area contributed by atoms with Crippen molar-refractivity contribution in [2.24, 2.45) is 7.05 Å². The van der Waals surface area contributed by atoms with Crippen LogP contribution in [0.25, 0.3) is 10.9 Å². The van der Waals surface area contributed by atoms with E-state index in [9.17, 15) is 10.1 Å². The van der Waals surface area contributed by atoms with Crippen molar-refractivity contribution in [2.45, 2.75) is 6.92 Å². The molecule has 3 aromatic rings. The van der Waals surface area contributed by atoms with Crippen LogP contribution in [0.2, 0.25) is 0 Å². The normalized spacial score (nSPS) is 10.8. The first-order valence-electron chi connectivity index (χ1n) is 6.49. The van der Waals surface area contributed by atoms with Crippen molar-refractivity contribution in [1.29, 1.82) is 0 Å². The molecule has 0 bridgehead atoms. The molecule has 0 radical (unpaired) electrons.